The van der Waals surface area contributed by atoms with Crippen LogP contribution in [0, 0.1) is 23.8 Å². The van der Waals surface area contributed by atoms with E-state index in [9.17, 15) is 13.2 Å². The number of allylic oxidation sites excluding steroid dienone is 4. The number of halogens is 3. The monoisotopic (exact) mass is 550 g/mol. The molecule has 0 aromatic rings. The molecule has 0 aromatic carbocycles. The van der Waals surface area contributed by atoms with Gasteiger partial charge in [0.15, 0.2) is 0 Å². The van der Waals surface area contributed by atoms with Gasteiger partial charge in [0.1, 0.15) is 0 Å². The maximum Gasteiger partial charge on any atom is 0 e. The van der Waals surface area contributed by atoms with Crippen molar-refractivity contribution < 1.29 is 54.7 Å². The molecular formula is C20H41F3GeO3Zr-. The van der Waals surface area contributed by atoms with Gasteiger partial charge in [-0.3, -0.25) is 6.08 Å². The van der Waals surface area contributed by atoms with Crippen LogP contribution in [0.25, 0.3) is 0 Å². The van der Waals surface area contributed by atoms with Gasteiger partial charge in [-0.25, -0.2) is 12.2 Å². The molecule has 0 bridgehead atoms. The number of hydrogen-bond acceptors (Lipinski definition) is 3. The quantitative estimate of drug-likeness (QED) is 0.341. The van der Waals surface area contributed by atoms with Crippen molar-refractivity contribution in [1.82, 2.24) is 0 Å². The normalized spacial score (nSPS) is 11.5. The third-order valence-electron chi connectivity index (χ3n) is 2.25. The predicted molar refractivity (Wildman–Crippen MR) is 111 cm³/mol. The van der Waals surface area contributed by atoms with Gasteiger partial charge in [-0.05, 0) is 17.8 Å². The Kier molecular flexibility index (Phi) is 38.5. The van der Waals surface area contributed by atoms with Crippen LogP contribution in [0.5, 0.6) is 0 Å². The van der Waals surface area contributed by atoms with Gasteiger partial charge in [0.25, 0.3) is 0 Å². The van der Waals surface area contributed by atoms with E-state index in [1.54, 1.807) is 0 Å². The van der Waals surface area contributed by atoms with Gasteiger partial charge in [-0.2, -0.15) is 6.08 Å². The summed E-state index contributed by atoms with van der Waals surface area (Å²) in [4.78, 5) is 0. The molecule has 1 rings (SSSR count). The standard InChI is InChI=1S/C5H5.3C4H10O.C3H6F3Ge.Zr/c1-2-4-5-3-1;3*1-4(2)3-5;1-7(2)3(4,5)6;/h1-3H,4H2;3*4-5H,3H2,1-2H3;1-2H3;/q-1;;;;;. The van der Waals surface area contributed by atoms with Crippen molar-refractivity contribution in [2.75, 3.05) is 19.8 Å². The van der Waals surface area contributed by atoms with Crippen molar-refractivity contribution in [1.29, 1.82) is 0 Å². The van der Waals surface area contributed by atoms with E-state index in [4.69, 9.17) is 15.3 Å². The van der Waals surface area contributed by atoms with E-state index in [0.29, 0.717) is 37.6 Å². The topological polar surface area (TPSA) is 60.7 Å². The first-order valence-electron chi connectivity index (χ1n) is 9.17. The Morgan fingerprint density at radius 1 is 0.857 bits per heavy atom. The van der Waals surface area contributed by atoms with Crippen LogP contribution in [0.1, 0.15) is 48.0 Å². The summed E-state index contributed by atoms with van der Waals surface area (Å²) in [7, 11) is 0. The van der Waals surface area contributed by atoms with Crippen molar-refractivity contribution in [2.45, 2.75) is 64.5 Å². The Morgan fingerprint density at radius 3 is 1.14 bits per heavy atom. The fraction of sp³-hybridized carbons (Fsp3) is 0.800. The number of hydrogen-bond donors (Lipinski definition) is 3. The van der Waals surface area contributed by atoms with E-state index in [-0.39, 0.29) is 26.2 Å². The van der Waals surface area contributed by atoms with Crippen LogP contribution in [0.2, 0.25) is 11.5 Å². The summed E-state index contributed by atoms with van der Waals surface area (Å²) < 4.78 is 33.8. The zero-order valence-corrected chi connectivity index (χ0v) is 23.3. The van der Waals surface area contributed by atoms with E-state index in [1.165, 1.54) is 11.5 Å². The third-order valence-corrected chi connectivity index (χ3v) is 4.63. The molecule has 0 aliphatic heterocycles. The van der Waals surface area contributed by atoms with Gasteiger partial charge in [0, 0.05) is 46.0 Å². The molecule has 1 radical (unpaired) electrons. The molecule has 0 aromatic heterocycles. The third kappa shape index (κ3) is 56.3. The Labute approximate surface area is 194 Å². The Morgan fingerprint density at radius 2 is 1.11 bits per heavy atom. The molecule has 0 saturated carbocycles. The van der Waals surface area contributed by atoms with Gasteiger partial charge in [0.05, 0.1) is 0 Å². The number of aliphatic hydroxyl groups excluding tert-OH is 3. The summed E-state index contributed by atoms with van der Waals surface area (Å²) in [5.41, 5.74) is 0. The fourth-order valence-electron chi connectivity index (χ4n) is 0.340. The van der Waals surface area contributed by atoms with Crippen molar-refractivity contribution in [3.63, 3.8) is 0 Å². The molecule has 0 spiro atoms. The van der Waals surface area contributed by atoms with E-state index in [1.807, 2.05) is 53.7 Å². The smallest absolute Gasteiger partial charge is 0 e. The van der Waals surface area contributed by atoms with Crippen molar-refractivity contribution >= 4 is 14.3 Å². The number of alkyl halides is 3. The Bertz CT molecular complexity index is 304. The molecule has 169 valence electrons. The van der Waals surface area contributed by atoms with Crippen molar-refractivity contribution in [3.05, 3.63) is 24.3 Å². The average Bonchev–Trinajstić information content (AvgIpc) is 3.15. The summed E-state index contributed by atoms with van der Waals surface area (Å²) in [6.07, 6.45) is 10.0. The molecule has 3 nitrogen and oxygen atoms in total. The number of aliphatic hydroxyl groups is 3. The molecule has 1 aliphatic carbocycles. The summed E-state index contributed by atoms with van der Waals surface area (Å²) >= 11 is -2.59. The maximum atomic E-state index is 11.3. The van der Waals surface area contributed by atoms with Crippen molar-refractivity contribution in [2.24, 2.45) is 17.8 Å². The Hall–Kier alpha value is 0.576. The van der Waals surface area contributed by atoms with Gasteiger partial charge >= 0.3 is 44.0 Å². The van der Waals surface area contributed by atoms with Gasteiger partial charge < -0.3 is 15.3 Å². The van der Waals surface area contributed by atoms with Crippen LogP contribution in [0.3, 0.4) is 0 Å². The van der Waals surface area contributed by atoms with Crippen LogP contribution in [0.15, 0.2) is 18.2 Å². The summed E-state index contributed by atoms with van der Waals surface area (Å²) in [5, 5.41) is 20.6. The first-order chi connectivity index (χ1) is 12.3. The minimum absolute atomic E-state index is 0. The SMILES string of the molecule is CC(C)CO.CC(C)CO.CC(C)CO.[C-]1=CC=CC1.[CH3][Ge]([CH3])[C](F)(F)F.[Zr]. The molecule has 0 amide bonds. The van der Waals surface area contributed by atoms with Crippen LogP contribution in [-0.4, -0.2) is 54.5 Å². The second-order valence-corrected chi connectivity index (χ2v) is 12.6. The van der Waals surface area contributed by atoms with Crippen LogP contribution >= 0.6 is 0 Å². The molecule has 0 fully saturated rings. The zero-order valence-electron chi connectivity index (χ0n) is 18.8. The summed E-state index contributed by atoms with van der Waals surface area (Å²) in [6.45, 7) is 12.7. The first kappa shape index (κ1) is 39.1. The molecule has 8 heteroatoms. The van der Waals surface area contributed by atoms with Gasteiger partial charge in [-0.1, -0.05) is 41.5 Å². The minimum atomic E-state index is -3.83. The molecule has 0 unspecified atom stereocenters. The Balaban J connectivity index is -0.0000000786. The van der Waals surface area contributed by atoms with Crippen LogP contribution < -0.4 is 0 Å². The fourth-order valence-corrected chi connectivity index (χ4v) is 0.340. The minimum Gasteiger partial charge on any atom is 0 e. The van der Waals surface area contributed by atoms with Crippen LogP contribution in [0.4, 0.5) is 13.2 Å². The second-order valence-electron chi connectivity index (χ2n) is 7.23. The average molecular weight is 550 g/mol. The van der Waals surface area contributed by atoms with E-state index in [0.717, 1.165) is 6.42 Å². The zero-order chi connectivity index (χ0) is 22.5. The maximum absolute atomic E-state index is 11.3. The molecular weight excluding hydrogens is 509 g/mol. The van der Waals surface area contributed by atoms with E-state index < -0.39 is 19.4 Å². The molecule has 0 atom stereocenters. The second kappa shape index (κ2) is 27.6. The van der Waals surface area contributed by atoms with Gasteiger partial charge in [-0.15, -0.1) is 6.42 Å². The molecule has 28 heavy (non-hydrogen) atoms. The van der Waals surface area contributed by atoms with Gasteiger partial charge in [0.2, 0.25) is 0 Å². The summed E-state index contributed by atoms with van der Waals surface area (Å²) in [5.74, 6) is 3.90. The largest absolute Gasteiger partial charge is 0 e. The first-order valence-corrected chi connectivity index (χ1v) is 14.4. The molecule has 0 heterocycles. The number of rotatable bonds is 3. The van der Waals surface area contributed by atoms with E-state index >= 15 is 0 Å². The van der Waals surface area contributed by atoms with Crippen LogP contribution in [-0.2, 0) is 26.2 Å². The van der Waals surface area contributed by atoms with E-state index in [2.05, 4.69) is 12.2 Å². The van der Waals surface area contributed by atoms with Crippen molar-refractivity contribution in [3.8, 4) is 0 Å². The molecule has 0 saturated heterocycles. The summed E-state index contributed by atoms with van der Waals surface area (Å²) in [6, 6.07) is 0. The molecule has 1 aliphatic rings. The molecule has 3 N–H and O–H groups in total. The predicted octanol–water partition coefficient (Wildman–Crippen LogP) is 5.05.